The highest BCUT2D eigenvalue weighted by molar-refractivity contribution is 6.34. The van der Waals surface area contributed by atoms with Gasteiger partial charge in [-0.15, -0.1) is 0 Å². The van der Waals surface area contributed by atoms with Gasteiger partial charge in [0.25, 0.3) is 17.7 Å². The fourth-order valence-corrected chi connectivity index (χ4v) is 4.47. The van der Waals surface area contributed by atoms with E-state index in [1.54, 1.807) is 29.2 Å². The third-order valence-electron chi connectivity index (χ3n) is 6.34. The topological polar surface area (TPSA) is 93.2 Å². The zero-order chi connectivity index (χ0) is 25.2. The van der Waals surface area contributed by atoms with E-state index in [-0.39, 0.29) is 22.6 Å². The number of fused-ring (bicyclic) bond motifs is 2. The molecule has 3 aromatic carbocycles. The summed E-state index contributed by atoms with van der Waals surface area (Å²) in [4.78, 5) is 53.9. The molecule has 2 aliphatic rings. The largest absolute Gasteiger partial charge is 0.494 e. The molecule has 0 radical (unpaired) electrons. The molecule has 2 heterocycles. The summed E-state index contributed by atoms with van der Waals surface area (Å²) in [7, 11) is 0. The molecule has 0 atom stereocenters. The molecule has 8 heteroatoms. The van der Waals surface area contributed by atoms with E-state index in [1.807, 2.05) is 31.2 Å². The summed E-state index contributed by atoms with van der Waals surface area (Å²) in [6.07, 6.45) is 0.752. The molecular weight excluding hydrogens is 460 g/mol. The van der Waals surface area contributed by atoms with Crippen molar-refractivity contribution in [2.75, 3.05) is 24.7 Å². The minimum Gasteiger partial charge on any atom is -0.494 e. The van der Waals surface area contributed by atoms with Crippen LogP contribution in [0.3, 0.4) is 0 Å². The Morgan fingerprint density at radius 2 is 1.61 bits per heavy atom. The molecule has 8 nitrogen and oxygen atoms in total. The van der Waals surface area contributed by atoms with E-state index in [9.17, 15) is 19.2 Å². The van der Waals surface area contributed by atoms with Gasteiger partial charge >= 0.3 is 5.97 Å². The Bertz CT molecular complexity index is 1360. The predicted molar refractivity (Wildman–Crippen MR) is 131 cm³/mol. The van der Waals surface area contributed by atoms with Crippen LogP contribution in [0.5, 0.6) is 5.75 Å². The number of imide groups is 1. The maximum Gasteiger partial charge on any atom is 0.338 e. The quantitative estimate of drug-likeness (QED) is 0.392. The van der Waals surface area contributed by atoms with Crippen LogP contribution in [0.1, 0.15) is 49.1 Å². The van der Waals surface area contributed by atoms with Crippen molar-refractivity contribution < 1.29 is 28.7 Å². The summed E-state index contributed by atoms with van der Waals surface area (Å²) < 4.78 is 10.7. The van der Waals surface area contributed by atoms with Gasteiger partial charge in [0.2, 0.25) is 0 Å². The van der Waals surface area contributed by atoms with Crippen molar-refractivity contribution in [3.05, 3.63) is 94.5 Å². The summed E-state index contributed by atoms with van der Waals surface area (Å²) in [5, 5.41) is 0. The van der Waals surface area contributed by atoms with Gasteiger partial charge in [-0.1, -0.05) is 24.3 Å². The molecule has 0 bridgehead atoms. The fraction of sp³-hybridized carbons (Fsp3) is 0.214. The number of esters is 1. The molecule has 0 saturated heterocycles. The zero-order valence-corrected chi connectivity index (χ0v) is 19.7. The smallest absolute Gasteiger partial charge is 0.338 e. The number of carbonyl (C=O) groups is 4. The summed E-state index contributed by atoms with van der Waals surface area (Å²) in [5.74, 6) is -1.39. The molecule has 36 heavy (non-hydrogen) atoms. The second-order valence-electron chi connectivity index (χ2n) is 8.54. The van der Waals surface area contributed by atoms with Crippen LogP contribution in [-0.4, -0.2) is 48.3 Å². The first-order valence-electron chi connectivity index (χ1n) is 11.7. The van der Waals surface area contributed by atoms with Crippen LogP contribution in [0.4, 0.5) is 5.69 Å². The van der Waals surface area contributed by atoms with Gasteiger partial charge < -0.3 is 14.4 Å². The van der Waals surface area contributed by atoms with Crippen molar-refractivity contribution >= 4 is 29.4 Å². The SMILES string of the molecule is CCOc1ccc(N2C(=O)c3ccc(C(=O)OCC(=O)N4CCc5ccccc5C4)cc3C2=O)cc1. The Hall–Kier alpha value is -4.46. The number of amides is 3. The second-order valence-corrected chi connectivity index (χ2v) is 8.54. The van der Waals surface area contributed by atoms with Gasteiger partial charge in [-0.2, -0.15) is 0 Å². The van der Waals surface area contributed by atoms with E-state index < -0.39 is 24.4 Å². The van der Waals surface area contributed by atoms with E-state index in [0.717, 1.165) is 16.9 Å². The minimum atomic E-state index is -0.733. The lowest BCUT2D eigenvalue weighted by Crippen LogP contribution is -2.38. The molecule has 0 fully saturated rings. The summed E-state index contributed by atoms with van der Waals surface area (Å²) in [6.45, 7) is 3.00. The molecule has 3 amide bonds. The first-order chi connectivity index (χ1) is 17.5. The average Bonchev–Trinajstić information content (AvgIpc) is 3.16. The van der Waals surface area contributed by atoms with Gasteiger partial charge in [0.05, 0.1) is 29.0 Å². The second kappa shape index (κ2) is 9.65. The number of hydrogen-bond donors (Lipinski definition) is 0. The highest BCUT2D eigenvalue weighted by Crippen LogP contribution is 2.30. The lowest BCUT2D eigenvalue weighted by molar-refractivity contribution is -0.135. The number of ether oxygens (including phenoxy) is 2. The monoisotopic (exact) mass is 484 g/mol. The van der Waals surface area contributed by atoms with Crippen molar-refractivity contribution in [1.82, 2.24) is 4.90 Å². The first-order valence-corrected chi connectivity index (χ1v) is 11.7. The Morgan fingerprint density at radius 3 is 2.36 bits per heavy atom. The third kappa shape index (κ3) is 4.33. The van der Waals surface area contributed by atoms with Crippen molar-refractivity contribution in [3.63, 3.8) is 0 Å². The van der Waals surface area contributed by atoms with Crippen molar-refractivity contribution in [3.8, 4) is 5.75 Å². The number of nitrogens with zero attached hydrogens (tertiary/aromatic N) is 2. The van der Waals surface area contributed by atoms with E-state index in [1.165, 1.54) is 23.8 Å². The lowest BCUT2D eigenvalue weighted by Gasteiger charge is -2.28. The number of anilines is 1. The number of rotatable bonds is 6. The molecule has 0 spiro atoms. The van der Waals surface area contributed by atoms with Crippen LogP contribution in [0.2, 0.25) is 0 Å². The molecule has 2 aliphatic heterocycles. The standard InChI is InChI=1S/C28H24N2O6/c1-2-35-22-10-8-21(9-11-22)30-26(32)23-12-7-19(15-24(23)27(30)33)28(34)36-17-25(31)29-14-13-18-5-3-4-6-20(18)16-29/h3-12,15H,2,13-14,16-17H2,1H3. The Morgan fingerprint density at radius 1 is 0.889 bits per heavy atom. The lowest BCUT2D eigenvalue weighted by atomic mass is 10.00. The Balaban J connectivity index is 1.25. The van der Waals surface area contributed by atoms with Gasteiger partial charge in [-0.05, 0) is 66.9 Å². The van der Waals surface area contributed by atoms with E-state index in [2.05, 4.69) is 0 Å². The first kappa shape index (κ1) is 23.3. The molecule has 0 N–H and O–H groups in total. The van der Waals surface area contributed by atoms with Crippen LogP contribution >= 0.6 is 0 Å². The highest BCUT2D eigenvalue weighted by atomic mass is 16.5. The van der Waals surface area contributed by atoms with Gasteiger partial charge in [0, 0.05) is 13.1 Å². The summed E-state index contributed by atoms with van der Waals surface area (Å²) in [6, 6.07) is 18.8. The van der Waals surface area contributed by atoms with Crippen LogP contribution in [0.25, 0.3) is 0 Å². The molecule has 0 saturated carbocycles. The third-order valence-corrected chi connectivity index (χ3v) is 6.34. The number of carbonyl (C=O) groups excluding carboxylic acids is 4. The Labute approximate surface area is 208 Å². The molecule has 0 aromatic heterocycles. The maximum atomic E-state index is 13.0. The molecule has 5 rings (SSSR count). The molecule has 3 aromatic rings. The number of benzene rings is 3. The molecule has 0 unspecified atom stereocenters. The van der Waals surface area contributed by atoms with Gasteiger partial charge in [-0.25, -0.2) is 9.69 Å². The zero-order valence-electron chi connectivity index (χ0n) is 19.7. The van der Waals surface area contributed by atoms with Gasteiger partial charge in [0.1, 0.15) is 5.75 Å². The van der Waals surface area contributed by atoms with E-state index in [0.29, 0.717) is 31.1 Å². The average molecular weight is 485 g/mol. The maximum absolute atomic E-state index is 13.0. The van der Waals surface area contributed by atoms with Crippen LogP contribution in [0, 0.1) is 0 Å². The summed E-state index contributed by atoms with van der Waals surface area (Å²) >= 11 is 0. The van der Waals surface area contributed by atoms with E-state index >= 15 is 0 Å². The predicted octanol–water partition coefficient (Wildman–Crippen LogP) is 3.63. The minimum absolute atomic E-state index is 0.0974. The normalized spacial score (nSPS) is 14.4. The van der Waals surface area contributed by atoms with Crippen LogP contribution in [-0.2, 0) is 22.5 Å². The van der Waals surface area contributed by atoms with Gasteiger partial charge in [-0.3, -0.25) is 14.4 Å². The Kier molecular flexibility index (Phi) is 6.25. The fourth-order valence-electron chi connectivity index (χ4n) is 4.47. The molecule has 0 aliphatic carbocycles. The molecule has 182 valence electrons. The van der Waals surface area contributed by atoms with Crippen LogP contribution in [0.15, 0.2) is 66.7 Å². The highest BCUT2D eigenvalue weighted by Gasteiger charge is 2.37. The summed E-state index contributed by atoms with van der Waals surface area (Å²) in [5.41, 5.74) is 3.12. The van der Waals surface area contributed by atoms with Crippen molar-refractivity contribution in [1.29, 1.82) is 0 Å². The molecular formula is C28H24N2O6. The van der Waals surface area contributed by atoms with Crippen molar-refractivity contribution in [2.24, 2.45) is 0 Å². The van der Waals surface area contributed by atoms with Crippen molar-refractivity contribution in [2.45, 2.75) is 19.9 Å². The van der Waals surface area contributed by atoms with E-state index in [4.69, 9.17) is 9.47 Å². The number of hydrogen-bond acceptors (Lipinski definition) is 6. The van der Waals surface area contributed by atoms with Crippen LogP contribution < -0.4 is 9.64 Å². The van der Waals surface area contributed by atoms with Gasteiger partial charge in [0.15, 0.2) is 6.61 Å².